The Morgan fingerprint density at radius 3 is 2.62 bits per heavy atom. The number of anilines is 1. The van der Waals surface area contributed by atoms with Gasteiger partial charge in [0, 0.05) is 19.1 Å². The molecule has 1 fully saturated rings. The van der Waals surface area contributed by atoms with Crippen molar-refractivity contribution in [3.63, 3.8) is 0 Å². The van der Waals surface area contributed by atoms with Gasteiger partial charge in [-0.2, -0.15) is 0 Å². The molecule has 0 saturated carbocycles. The van der Waals surface area contributed by atoms with Crippen LogP contribution in [-0.4, -0.2) is 35.9 Å². The number of carboxylic acid groups (broad SMARTS) is 1. The molecule has 1 unspecified atom stereocenters. The van der Waals surface area contributed by atoms with E-state index in [-0.39, 0.29) is 30.9 Å². The fourth-order valence-electron chi connectivity index (χ4n) is 2.00. The lowest BCUT2D eigenvalue weighted by Gasteiger charge is -2.23. The van der Waals surface area contributed by atoms with E-state index in [2.05, 4.69) is 10.6 Å². The number of hydrogen-bond donors (Lipinski definition) is 3. The Bertz CT molecular complexity index is 586. The second-order valence-electron chi connectivity index (χ2n) is 4.85. The summed E-state index contributed by atoms with van der Waals surface area (Å²) < 4.78 is 31.9. The van der Waals surface area contributed by atoms with E-state index in [0.29, 0.717) is 0 Å². The summed E-state index contributed by atoms with van der Waals surface area (Å²) >= 11 is 0. The first-order chi connectivity index (χ1) is 9.84. The fraction of sp³-hybridized carbons (Fsp3) is 0.385. The van der Waals surface area contributed by atoms with Gasteiger partial charge in [-0.05, 0) is 18.6 Å². The van der Waals surface area contributed by atoms with Gasteiger partial charge in [0.25, 0.3) is 0 Å². The third kappa shape index (κ3) is 3.10. The zero-order valence-electron chi connectivity index (χ0n) is 11.2. The van der Waals surface area contributed by atoms with Crippen molar-refractivity contribution in [3.05, 3.63) is 29.3 Å². The second kappa shape index (κ2) is 5.65. The Morgan fingerprint density at radius 1 is 1.33 bits per heavy atom. The van der Waals surface area contributed by atoms with Gasteiger partial charge in [0.05, 0.1) is 12.3 Å². The van der Waals surface area contributed by atoms with E-state index in [1.165, 1.54) is 6.92 Å². The molecule has 1 aliphatic rings. The van der Waals surface area contributed by atoms with Crippen LogP contribution in [0.2, 0.25) is 0 Å². The SMILES string of the molecule is Cc1cc(F)c(NC(=O)NC2(C(=O)O)CCOC2)cc1F. The number of benzene rings is 1. The number of halogens is 2. The number of carboxylic acids is 1. The number of hydrogen-bond acceptors (Lipinski definition) is 3. The van der Waals surface area contributed by atoms with E-state index in [1.54, 1.807) is 0 Å². The smallest absolute Gasteiger partial charge is 0.332 e. The highest BCUT2D eigenvalue weighted by molar-refractivity contribution is 5.94. The van der Waals surface area contributed by atoms with Crippen LogP contribution in [0, 0.1) is 18.6 Å². The predicted molar refractivity (Wildman–Crippen MR) is 69.1 cm³/mol. The van der Waals surface area contributed by atoms with E-state index in [0.717, 1.165) is 12.1 Å². The first kappa shape index (κ1) is 15.2. The number of rotatable bonds is 3. The largest absolute Gasteiger partial charge is 0.479 e. The van der Waals surface area contributed by atoms with Crippen molar-refractivity contribution in [2.45, 2.75) is 18.9 Å². The molecule has 1 aromatic rings. The second-order valence-corrected chi connectivity index (χ2v) is 4.85. The van der Waals surface area contributed by atoms with Crippen LogP contribution in [0.15, 0.2) is 12.1 Å². The molecule has 6 nitrogen and oxygen atoms in total. The minimum atomic E-state index is -1.55. The summed E-state index contributed by atoms with van der Waals surface area (Å²) in [7, 11) is 0. The third-order valence-electron chi connectivity index (χ3n) is 3.28. The molecule has 1 saturated heterocycles. The Morgan fingerprint density at radius 2 is 2.05 bits per heavy atom. The molecule has 1 aliphatic heterocycles. The first-order valence-electron chi connectivity index (χ1n) is 6.20. The highest BCUT2D eigenvalue weighted by atomic mass is 19.1. The summed E-state index contributed by atoms with van der Waals surface area (Å²) in [6.45, 7) is 1.40. The van der Waals surface area contributed by atoms with Crippen LogP contribution in [-0.2, 0) is 9.53 Å². The zero-order valence-corrected chi connectivity index (χ0v) is 11.2. The topological polar surface area (TPSA) is 87.7 Å². The number of urea groups is 1. The highest BCUT2D eigenvalue weighted by Crippen LogP contribution is 2.21. The van der Waals surface area contributed by atoms with Gasteiger partial charge in [-0.3, -0.25) is 0 Å². The van der Waals surface area contributed by atoms with Crippen LogP contribution < -0.4 is 10.6 Å². The van der Waals surface area contributed by atoms with Crippen LogP contribution in [0.1, 0.15) is 12.0 Å². The van der Waals surface area contributed by atoms with Crippen molar-refractivity contribution in [3.8, 4) is 0 Å². The number of ether oxygens (including phenoxy) is 1. The van der Waals surface area contributed by atoms with E-state index < -0.39 is 29.2 Å². The van der Waals surface area contributed by atoms with Gasteiger partial charge in [0.15, 0.2) is 5.54 Å². The van der Waals surface area contributed by atoms with Gasteiger partial charge in [-0.1, -0.05) is 0 Å². The van der Waals surface area contributed by atoms with Crippen LogP contribution in [0.25, 0.3) is 0 Å². The molecule has 0 aromatic heterocycles. The summed E-state index contributed by atoms with van der Waals surface area (Å²) in [5, 5.41) is 13.5. The van der Waals surface area contributed by atoms with E-state index in [9.17, 15) is 18.4 Å². The van der Waals surface area contributed by atoms with Gasteiger partial charge in [0.1, 0.15) is 11.6 Å². The maximum absolute atomic E-state index is 13.6. The molecule has 3 N–H and O–H groups in total. The van der Waals surface area contributed by atoms with Crippen molar-refractivity contribution in [1.29, 1.82) is 0 Å². The van der Waals surface area contributed by atoms with Crippen LogP contribution in [0.3, 0.4) is 0 Å². The Balaban J connectivity index is 2.12. The number of aliphatic carboxylic acids is 1. The predicted octanol–water partition coefficient (Wildman–Crippen LogP) is 1.64. The number of amides is 2. The average Bonchev–Trinajstić information content (AvgIpc) is 2.85. The quantitative estimate of drug-likeness (QED) is 0.792. The lowest BCUT2D eigenvalue weighted by Crippen LogP contribution is -2.56. The van der Waals surface area contributed by atoms with Gasteiger partial charge < -0.3 is 20.5 Å². The first-order valence-corrected chi connectivity index (χ1v) is 6.20. The number of carbonyl (C=O) groups excluding carboxylic acids is 1. The van der Waals surface area contributed by atoms with Crippen molar-refractivity contribution in [2.24, 2.45) is 0 Å². The van der Waals surface area contributed by atoms with Crippen LogP contribution >= 0.6 is 0 Å². The van der Waals surface area contributed by atoms with Gasteiger partial charge in [-0.25, -0.2) is 18.4 Å². The Hall–Kier alpha value is -2.22. The van der Waals surface area contributed by atoms with Crippen molar-refractivity contribution < 1.29 is 28.2 Å². The number of carbonyl (C=O) groups is 2. The molecule has 2 rings (SSSR count). The molecule has 2 amide bonds. The molecular weight excluding hydrogens is 286 g/mol. The van der Waals surface area contributed by atoms with Gasteiger partial charge in [0.2, 0.25) is 0 Å². The summed E-state index contributed by atoms with van der Waals surface area (Å²) in [5.41, 5.74) is -1.82. The molecule has 21 heavy (non-hydrogen) atoms. The maximum atomic E-state index is 13.6. The molecular formula is C13H14F2N2O4. The lowest BCUT2D eigenvalue weighted by atomic mass is 9.99. The van der Waals surface area contributed by atoms with E-state index >= 15 is 0 Å². The Kier molecular flexibility index (Phi) is 4.08. The minimum Gasteiger partial charge on any atom is -0.479 e. The van der Waals surface area contributed by atoms with Crippen molar-refractivity contribution in [2.75, 3.05) is 18.5 Å². The lowest BCUT2D eigenvalue weighted by molar-refractivity contribution is -0.144. The molecule has 0 bridgehead atoms. The highest BCUT2D eigenvalue weighted by Gasteiger charge is 2.44. The molecule has 8 heteroatoms. The maximum Gasteiger partial charge on any atom is 0.332 e. The molecule has 1 aromatic carbocycles. The monoisotopic (exact) mass is 300 g/mol. The number of aryl methyl sites for hydroxylation is 1. The molecule has 0 aliphatic carbocycles. The van der Waals surface area contributed by atoms with Crippen LogP contribution in [0.5, 0.6) is 0 Å². The fourth-order valence-corrected chi connectivity index (χ4v) is 2.00. The van der Waals surface area contributed by atoms with E-state index in [4.69, 9.17) is 9.84 Å². The summed E-state index contributed by atoms with van der Waals surface area (Å²) in [6.07, 6.45) is 0.0977. The van der Waals surface area contributed by atoms with E-state index in [1.807, 2.05) is 0 Å². The normalized spacial score (nSPS) is 21.1. The Labute approximate surface area is 119 Å². The standard InChI is InChI=1S/C13H14F2N2O4/c1-7-4-9(15)10(5-8(7)14)16-12(20)17-13(11(18)19)2-3-21-6-13/h4-5H,2-3,6H2,1H3,(H,18,19)(H2,16,17,20). The summed E-state index contributed by atoms with van der Waals surface area (Å²) in [6, 6.07) is 0.837. The van der Waals surface area contributed by atoms with Gasteiger partial charge >= 0.3 is 12.0 Å². The van der Waals surface area contributed by atoms with Crippen LogP contribution in [0.4, 0.5) is 19.3 Å². The number of nitrogens with one attached hydrogen (secondary N) is 2. The molecule has 114 valence electrons. The average molecular weight is 300 g/mol. The minimum absolute atomic E-state index is 0.0977. The van der Waals surface area contributed by atoms with Crippen molar-refractivity contribution in [1.82, 2.24) is 5.32 Å². The summed E-state index contributed by atoms with van der Waals surface area (Å²) in [4.78, 5) is 23.0. The third-order valence-corrected chi connectivity index (χ3v) is 3.28. The van der Waals surface area contributed by atoms with Gasteiger partial charge in [-0.15, -0.1) is 0 Å². The van der Waals surface area contributed by atoms with Crippen molar-refractivity contribution >= 4 is 17.7 Å². The molecule has 1 heterocycles. The molecule has 1 atom stereocenters. The summed E-state index contributed by atoms with van der Waals surface area (Å²) in [5.74, 6) is -2.73. The zero-order chi connectivity index (χ0) is 15.6. The molecule has 0 spiro atoms. The molecule has 0 radical (unpaired) electrons.